The molecule has 0 saturated heterocycles. The zero-order valence-corrected chi connectivity index (χ0v) is 15.9. The van der Waals surface area contributed by atoms with Crippen molar-refractivity contribution in [3.63, 3.8) is 0 Å². The molecule has 1 amide bonds. The van der Waals surface area contributed by atoms with Crippen molar-refractivity contribution in [2.75, 3.05) is 12.4 Å². The smallest absolute Gasteiger partial charge is 0.256 e. The lowest BCUT2D eigenvalue weighted by atomic mass is 10.0. The molecule has 28 heavy (non-hydrogen) atoms. The van der Waals surface area contributed by atoms with E-state index in [1.165, 1.54) is 0 Å². The number of rotatable bonds is 4. The number of methoxy groups -OCH3 is 1. The van der Waals surface area contributed by atoms with Gasteiger partial charge in [0.15, 0.2) is 0 Å². The minimum Gasteiger partial charge on any atom is -0.495 e. The summed E-state index contributed by atoms with van der Waals surface area (Å²) in [6.07, 6.45) is 0. The minimum atomic E-state index is -0.224. The SMILES string of the molecule is COc1ccccc1NC(=O)c1cc(-c2ccc(Cl)cc2)nc2ccccc12. The standard InChI is InChI=1S/C23H17ClN2O2/c1-28-22-9-5-4-8-20(22)26-23(27)18-14-21(15-10-12-16(24)13-11-15)25-19-7-3-2-6-17(18)19/h2-14H,1H3,(H,26,27). The molecule has 5 heteroatoms. The number of benzene rings is 3. The number of hydrogen-bond acceptors (Lipinski definition) is 3. The molecule has 0 aliphatic carbocycles. The van der Waals surface area contributed by atoms with E-state index >= 15 is 0 Å². The molecule has 0 bridgehead atoms. The second-order valence-corrected chi connectivity index (χ2v) is 6.67. The molecule has 4 nitrogen and oxygen atoms in total. The molecule has 0 saturated carbocycles. The molecule has 138 valence electrons. The van der Waals surface area contributed by atoms with Crippen molar-refractivity contribution < 1.29 is 9.53 Å². The Morgan fingerprint density at radius 3 is 2.46 bits per heavy atom. The van der Waals surface area contributed by atoms with Gasteiger partial charge in [0.2, 0.25) is 0 Å². The van der Waals surface area contributed by atoms with Gasteiger partial charge >= 0.3 is 0 Å². The van der Waals surface area contributed by atoms with Gasteiger partial charge in [-0.3, -0.25) is 4.79 Å². The van der Waals surface area contributed by atoms with Crippen LogP contribution in [0, 0.1) is 0 Å². The molecule has 1 N–H and O–H groups in total. The lowest BCUT2D eigenvalue weighted by Crippen LogP contribution is -2.13. The third-order valence-corrected chi connectivity index (χ3v) is 4.71. The van der Waals surface area contributed by atoms with E-state index in [2.05, 4.69) is 5.32 Å². The van der Waals surface area contributed by atoms with E-state index in [-0.39, 0.29) is 5.91 Å². The van der Waals surface area contributed by atoms with Crippen LogP contribution in [0.25, 0.3) is 22.2 Å². The van der Waals surface area contributed by atoms with Crippen LogP contribution in [0.4, 0.5) is 5.69 Å². The van der Waals surface area contributed by atoms with Gasteiger partial charge < -0.3 is 10.1 Å². The number of para-hydroxylation sites is 3. The van der Waals surface area contributed by atoms with Crippen LogP contribution >= 0.6 is 11.6 Å². The predicted molar refractivity (Wildman–Crippen MR) is 113 cm³/mol. The number of ether oxygens (including phenoxy) is 1. The van der Waals surface area contributed by atoms with Gasteiger partial charge in [0.05, 0.1) is 29.6 Å². The molecule has 1 aromatic heterocycles. The molecule has 0 aliphatic rings. The van der Waals surface area contributed by atoms with Gasteiger partial charge in [0.25, 0.3) is 5.91 Å². The second kappa shape index (κ2) is 7.71. The monoisotopic (exact) mass is 388 g/mol. The Morgan fingerprint density at radius 2 is 1.68 bits per heavy atom. The van der Waals surface area contributed by atoms with Gasteiger partial charge in [-0.05, 0) is 36.4 Å². The summed E-state index contributed by atoms with van der Waals surface area (Å²) >= 11 is 6.00. The lowest BCUT2D eigenvalue weighted by Gasteiger charge is -2.12. The van der Waals surface area contributed by atoms with Crippen molar-refractivity contribution in [3.05, 3.63) is 89.4 Å². The van der Waals surface area contributed by atoms with E-state index in [9.17, 15) is 4.79 Å². The Labute approximate surface area is 167 Å². The molecule has 0 fully saturated rings. The summed E-state index contributed by atoms with van der Waals surface area (Å²) in [4.78, 5) is 17.8. The number of nitrogens with one attached hydrogen (secondary N) is 1. The first kappa shape index (κ1) is 18.0. The summed E-state index contributed by atoms with van der Waals surface area (Å²) in [6.45, 7) is 0. The largest absolute Gasteiger partial charge is 0.495 e. The molecule has 1 heterocycles. The zero-order valence-electron chi connectivity index (χ0n) is 15.1. The molecule has 0 atom stereocenters. The fourth-order valence-electron chi connectivity index (χ4n) is 3.07. The van der Waals surface area contributed by atoms with Crippen LogP contribution < -0.4 is 10.1 Å². The summed E-state index contributed by atoms with van der Waals surface area (Å²) < 4.78 is 5.33. The van der Waals surface area contributed by atoms with Gasteiger partial charge in [-0.1, -0.05) is 54.1 Å². The highest BCUT2D eigenvalue weighted by molar-refractivity contribution is 6.30. The molecular formula is C23H17ClN2O2. The van der Waals surface area contributed by atoms with Gasteiger partial charge in [-0.15, -0.1) is 0 Å². The summed E-state index contributed by atoms with van der Waals surface area (Å²) in [5, 5.41) is 4.38. The molecule has 3 aromatic carbocycles. The van der Waals surface area contributed by atoms with Crippen LogP contribution in [0.15, 0.2) is 78.9 Å². The molecular weight excluding hydrogens is 372 g/mol. The van der Waals surface area contributed by atoms with E-state index in [4.69, 9.17) is 21.3 Å². The number of anilines is 1. The van der Waals surface area contributed by atoms with E-state index in [0.29, 0.717) is 27.7 Å². The summed E-state index contributed by atoms with van der Waals surface area (Å²) in [5.41, 5.74) is 3.51. The summed E-state index contributed by atoms with van der Waals surface area (Å²) in [5.74, 6) is 0.380. The van der Waals surface area contributed by atoms with E-state index in [1.54, 1.807) is 25.3 Å². The third-order valence-electron chi connectivity index (χ3n) is 4.46. The number of carbonyl (C=O) groups excluding carboxylic acids is 1. The van der Waals surface area contributed by atoms with Crippen molar-refractivity contribution >= 4 is 34.1 Å². The van der Waals surface area contributed by atoms with Gasteiger partial charge in [0, 0.05) is 16.0 Å². The van der Waals surface area contributed by atoms with Crippen molar-refractivity contribution in [3.8, 4) is 17.0 Å². The second-order valence-electron chi connectivity index (χ2n) is 6.23. The lowest BCUT2D eigenvalue weighted by molar-refractivity contribution is 0.102. The maximum absolute atomic E-state index is 13.1. The quantitative estimate of drug-likeness (QED) is 0.479. The van der Waals surface area contributed by atoms with Crippen LogP contribution in [0.2, 0.25) is 5.02 Å². The Balaban J connectivity index is 1.80. The Morgan fingerprint density at radius 1 is 0.964 bits per heavy atom. The van der Waals surface area contributed by atoms with Crippen molar-refractivity contribution in [2.45, 2.75) is 0 Å². The molecule has 0 radical (unpaired) electrons. The highest BCUT2D eigenvalue weighted by Crippen LogP contribution is 2.28. The normalized spacial score (nSPS) is 10.6. The molecule has 0 aliphatic heterocycles. The van der Waals surface area contributed by atoms with Crippen molar-refractivity contribution in [2.24, 2.45) is 0 Å². The molecule has 0 spiro atoms. The van der Waals surface area contributed by atoms with E-state index in [1.807, 2.05) is 60.7 Å². The van der Waals surface area contributed by atoms with Gasteiger partial charge in [-0.25, -0.2) is 4.98 Å². The minimum absolute atomic E-state index is 0.224. The number of amides is 1. The highest BCUT2D eigenvalue weighted by Gasteiger charge is 2.15. The van der Waals surface area contributed by atoms with Crippen LogP contribution in [-0.2, 0) is 0 Å². The number of aromatic nitrogens is 1. The van der Waals surface area contributed by atoms with Crippen LogP contribution in [-0.4, -0.2) is 18.0 Å². The fourth-order valence-corrected chi connectivity index (χ4v) is 3.20. The Bertz CT molecular complexity index is 1160. The van der Waals surface area contributed by atoms with E-state index < -0.39 is 0 Å². The maximum Gasteiger partial charge on any atom is 0.256 e. The third kappa shape index (κ3) is 3.55. The Kier molecular flexibility index (Phi) is 4.96. The van der Waals surface area contributed by atoms with Crippen LogP contribution in [0.1, 0.15) is 10.4 Å². The number of halogens is 1. The highest BCUT2D eigenvalue weighted by atomic mass is 35.5. The number of nitrogens with zero attached hydrogens (tertiary/aromatic N) is 1. The van der Waals surface area contributed by atoms with Crippen molar-refractivity contribution in [1.82, 2.24) is 4.98 Å². The first-order valence-corrected chi connectivity index (χ1v) is 9.13. The molecule has 0 unspecified atom stereocenters. The zero-order chi connectivity index (χ0) is 19.5. The fraction of sp³-hybridized carbons (Fsp3) is 0.0435. The molecule has 4 aromatic rings. The number of carbonyl (C=O) groups is 1. The van der Waals surface area contributed by atoms with Gasteiger partial charge in [-0.2, -0.15) is 0 Å². The number of pyridine rings is 1. The average molecular weight is 389 g/mol. The first-order chi connectivity index (χ1) is 13.7. The van der Waals surface area contributed by atoms with Crippen LogP contribution in [0.5, 0.6) is 5.75 Å². The maximum atomic E-state index is 13.1. The molecule has 4 rings (SSSR count). The summed E-state index contributed by atoms with van der Waals surface area (Å²) in [6, 6.07) is 24.1. The number of hydrogen-bond donors (Lipinski definition) is 1. The number of fused-ring (bicyclic) bond motifs is 1. The summed E-state index contributed by atoms with van der Waals surface area (Å²) in [7, 11) is 1.57. The van der Waals surface area contributed by atoms with E-state index in [0.717, 1.165) is 16.5 Å². The van der Waals surface area contributed by atoms with Gasteiger partial charge in [0.1, 0.15) is 5.75 Å². The Hall–Kier alpha value is -3.37. The topological polar surface area (TPSA) is 51.2 Å². The predicted octanol–water partition coefficient (Wildman–Crippen LogP) is 5.82. The van der Waals surface area contributed by atoms with Crippen LogP contribution in [0.3, 0.4) is 0 Å². The van der Waals surface area contributed by atoms with Crippen molar-refractivity contribution in [1.29, 1.82) is 0 Å². The first-order valence-electron chi connectivity index (χ1n) is 8.76. The average Bonchev–Trinajstić information content (AvgIpc) is 2.74.